The van der Waals surface area contributed by atoms with Gasteiger partial charge in [0.25, 0.3) is 0 Å². The van der Waals surface area contributed by atoms with E-state index in [-0.39, 0.29) is 23.3 Å². The Balaban J connectivity index is 2.54. The highest BCUT2D eigenvalue weighted by Gasteiger charge is 2.15. The van der Waals surface area contributed by atoms with Crippen molar-refractivity contribution in [1.82, 2.24) is 25.3 Å². The number of hydrogen-bond acceptors (Lipinski definition) is 9. The molecule has 0 aliphatic rings. The Morgan fingerprint density at radius 3 is 2.38 bits per heavy atom. The lowest BCUT2D eigenvalue weighted by molar-refractivity contribution is 0.310. The summed E-state index contributed by atoms with van der Waals surface area (Å²) >= 11 is 0. The minimum atomic E-state index is 0.0797. The Kier molecular flexibility index (Phi) is 2.27. The maximum absolute atomic E-state index is 5.54. The fourth-order valence-corrected chi connectivity index (χ4v) is 1.04. The first-order valence-corrected chi connectivity index (χ1v) is 4.35. The van der Waals surface area contributed by atoms with Crippen molar-refractivity contribution in [3.63, 3.8) is 0 Å². The van der Waals surface area contributed by atoms with Crippen molar-refractivity contribution >= 4 is 17.7 Å². The van der Waals surface area contributed by atoms with Crippen LogP contribution in [0.3, 0.4) is 0 Å². The molecule has 2 heterocycles. The number of nitrogen functional groups attached to an aromatic ring is 2. The van der Waals surface area contributed by atoms with Gasteiger partial charge in [0.1, 0.15) is 0 Å². The predicted molar refractivity (Wildman–Crippen MR) is 56.3 cm³/mol. The molecule has 0 radical (unpaired) electrons. The molecule has 9 nitrogen and oxygen atoms in total. The van der Waals surface area contributed by atoms with Crippen LogP contribution in [-0.2, 0) is 0 Å². The first-order chi connectivity index (χ1) is 7.58. The normalized spacial score (nSPS) is 10.4. The number of hydrogen-bond donors (Lipinski definition) is 2. The van der Waals surface area contributed by atoms with Gasteiger partial charge in [-0.25, -0.2) is 4.63 Å². The molecule has 2 aromatic rings. The van der Waals surface area contributed by atoms with Crippen LogP contribution < -0.4 is 16.4 Å². The average Bonchev–Trinajstić information content (AvgIpc) is 2.63. The topological polar surface area (TPSA) is 133 Å². The molecule has 0 unspecified atom stereocenters. The fourth-order valence-electron chi connectivity index (χ4n) is 1.04. The minimum Gasteiger partial charge on any atom is -0.379 e. The standard InChI is InChI=1S/C7H10N8O/c1-15(2)7-11-5(10-6(9)12-7)3-4(8)14-16-13-3/h1-2H3,(H2,8,14)(H2,9,10,11,12). The molecule has 84 valence electrons. The third-order valence-corrected chi connectivity index (χ3v) is 1.77. The lowest BCUT2D eigenvalue weighted by Gasteiger charge is -2.10. The molecule has 0 atom stereocenters. The lowest BCUT2D eigenvalue weighted by Crippen LogP contribution is -2.15. The van der Waals surface area contributed by atoms with Crippen LogP contribution >= 0.6 is 0 Å². The van der Waals surface area contributed by atoms with Gasteiger partial charge in [0, 0.05) is 14.1 Å². The molecule has 16 heavy (non-hydrogen) atoms. The van der Waals surface area contributed by atoms with Crippen molar-refractivity contribution in [2.75, 3.05) is 30.5 Å². The molecule has 9 heteroatoms. The molecule has 2 aromatic heterocycles. The highest BCUT2D eigenvalue weighted by Crippen LogP contribution is 2.19. The highest BCUT2D eigenvalue weighted by atomic mass is 16.6. The van der Waals surface area contributed by atoms with Gasteiger partial charge in [0.15, 0.2) is 17.3 Å². The molecule has 0 bridgehead atoms. The Bertz CT molecular complexity index is 507. The van der Waals surface area contributed by atoms with Gasteiger partial charge in [0.05, 0.1) is 0 Å². The third-order valence-electron chi connectivity index (χ3n) is 1.77. The number of nitrogens with two attached hydrogens (primary N) is 2. The zero-order valence-electron chi connectivity index (χ0n) is 8.75. The third kappa shape index (κ3) is 1.69. The summed E-state index contributed by atoms with van der Waals surface area (Å²) in [6.07, 6.45) is 0. The molecule has 4 N–H and O–H groups in total. The molecule has 0 aliphatic heterocycles. The second-order valence-electron chi connectivity index (χ2n) is 3.21. The van der Waals surface area contributed by atoms with E-state index in [0.717, 1.165) is 0 Å². The van der Waals surface area contributed by atoms with E-state index >= 15 is 0 Å². The van der Waals surface area contributed by atoms with E-state index < -0.39 is 0 Å². The van der Waals surface area contributed by atoms with Crippen LogP contribution in [0.4, 0.5) is 17.7 Å². The summed E-state index contributed by atoms with van der Waals surface area (Å²) in [7, 11) is 3.56. The molecule has 0 aliphatic carbocycles. The number of nitrogens with zero attached hydrogens (tertiary/aromatic N) is 6. The summed E-state index contributed by atoms with van der Waals surface area (Å²) in [4.78, 5) is 13.6. The molecular weight excluding hydrogens is 212 g/mol. The average molecular weight is 222 g/mol. The fraction of sp³-hybridized carbons (Fsp3) is 0.286. The van der Waals surface area contributed by atoms with E-state index in [2.05, 4.69) is 29.9 Å². The van der Waals surface area contributed by atoms with E-state index in [1.165, 1.54) is 0 Å². The predicted octanol–water partition coefficient (Wildman–Crippen LogP) is -0.848. The van der Waals surface area contributed by atoms with E-state index in [4.69, 9.17) is 11.5 Å². The summed E-state index contributed by atoms with van der Waals surface area (Å²) in [6.45, 7) is 0. The highest BCUT2D eigenvalue weighted by molar-refractivity contribution is 5.63. The van der Waals surface area contributed by atoms with Crippen molar-refractivity contribution < 1.29 is 4.63 Å². The van der Waals surface area contributed by atoms with Crippen molar-refractivity contribution in [3.8, 4) is 11.5 Å². The second kappa shape index (κ2) is 3.61. The largest absolute Gasteiger partial charge is 0.379 e. The molecule has 0 saturated heterocycles. The summed E-state index contributed by atoms with van der Waals surface area (Å²) in [6, 6.07) is 0. The summed E-state index contributed by atoms with van der Waals surface area (Å²) < 4.78 is 4.46. The van der Waals surface area contributed by atoms with Gasteiger partial charge < -0.3 is 16.4 Å². The van der Waals surface area contributed by atoms with Crippen LogP contribution in [0.25, 0.3) is 11.5 Å². The monoisotopic (exact) mass is 222 g/mol. The van der Waals surface area contributed by atoms with Crippen LogP contribution in [0.15, 0.2) is 4.63 Å². The SMILES string of the molecule is CN(C)c1nc(N)nc(-c2nonc2N)n1. The van der Waals surface area contributed by atoms with E-state index in [9.17, 15) is 0 Å². The first kappa shape index (κ1) is 10.1. The first-order valence-electron chi connectivity index (χ1n) is 4.35. The molecular formula is C7H10N8O. The van der Waals surface area contributed by atoms with Gasteiger partial charge in [-0.3, -0.25) is 0 Å². The van der Waals surface area contributed by atoms with Gasteiger partial charge >= 0.3 is 0 Å². The van der Waals surface area contributed by atoms with Crippen molar-refractivity contribution in [2.24, 2.45) is 0 Å². The molecule has 0 fully saturated rings. The van der Waals surface area contributed by atoms with Crippen molar-refractivity contribution in [1.29, 1.82) is 0 Å². The van der Waals surface area contributed by atoms with Gasteiger partial charge in [-0.05, 0) is 10.3 Å². The quantitative estimate of drug-likeness (QED) is 0.666. The van der Waals surface area contributed by atoms with Crippen LogP contribution in [0, 0.1) is 0 Å². The molecule has 0 amide bonds. The number of anilines is 3. The van der Waals surface area contributed by atoms with Gasteiger partial charge in [-0.2, -0.15) is 15.0 Å². The van der Waals surface area contributed by atoms with Crippen LogP contribution in [0.5, 0.6) is 0 Å². The van der Waals surface area contributed by atoms with Gasteiger partial charge in [-0.15, -0.1) is 0 Å². The Labute approximate surface area is 90.5 Å². The lowest BCUT2D eigenvalue weighted by atomic mass is 10.4. The smallest absolute Gasteiger partial charge is 0.230 e. The summed E-state index contributed by atoms with van der Waals surface area (Å²) in [5.74, 6) is 0.825. The zero-order valence-corrected chi connectivity index (χ0v) is 8.75. The van der Waals surface area contributed by atoms with Gasteiger partial charge in [0.2, 0.25) is 11.9 Å². The van der Waals surface area contributed by atoms with Crippen LogP contribution in [0.1, 0.15) is 0 Å². The second-order valence-corrected chi connectivity index (χ2v) is 3.21. The zero-order chi connectivity index (χ0) is 11.7. The maximum Gasteiger partial charge on any atom is 0.230 e. The van der Waals surface area contributed by atoms with Crippen LogP contribution in [0.2, 0.25) is 0 Å². The molecule has 0 saturated carbocycles. The Morgan fingerprint density at radius 2 is 1.81 bits per heavy atom. The van der Waals surface area contributed by atoms with E-state index in [0.29, 0.717) is 5.95 Å². The van der Waals surface area contributed by atoms with E-state index in [1.54, 1.807) is 19.0 Å². The number of aromatic nitrogens is 5. The minimum absolute atomic E-state index is 0.0797. The molecule has 2 rings (SSSR count). The van der Waals surface area contributed by atoms with E-state index in [1.807, 2.05) is 0 Å². The van der Waals surface area contributed by atoms with Crippen molar-refractivity contribution in [2.45, 2.75) is 0 Å². The summed E-state index contributed by atoms with van der Waals surface area (Å²) in [5, 5.41) is 7.02. The Hall–Kier alpha value is -2.45. The molecule has 0 spiro atoms. The Morgan fingerprint density at radius 1 is 1.06 bits per heavy atom. The maximum atomic E-state index is 5.54. The van der Waals surface area contributed by atoms with Gasteiger partial charge in [-0.1, -0.05) is 0 Å². The number of rotatable bonds is 2. The summed E-state index contributed by atoms with van der Waals surface area (Å²) in [5.41, 5.74) is 11.3. The molecule has 0 aromatic carbocycles. The van der Waals surface area contributed by atoms with Crippen LogP contribution in [-0.4, -0.2) is 39.4 Å². The van der Waals surface area contributed by atoms with Crippen molar-refractivity contribution in [3.05, 3.63) is 0 Å².